The van der Waals surface area contributed by atoms with E-state index in [1.165, 1.54) is 11.1 Å². The molecule has 4 aliphatic rings. The summed E-state index contributed by atoms with van der Waals surface area (Å²) >= 11 is 0. The van der Waals surface area contributed by atoms with Crippen LogP contribution >= 0.6 is 0 Å². The highest BCUT2D eigenvalue weighted by Gasteiger charge is 2.54. The first-order chi connectivity index (χ1) is 17.5. The van der Waals surface area contributed by atoms with Crippen LogP contribution in [0.25, 0.3) is 0 Å². The van der Waals surface area contributed by atoms with E-state index in [4.69, 9.17) is 14.5 Å². The van der Waals surface area contributed by atoms with E-state index in [9.17, 15) is 10.2 Å². The van der Waals surface area contributed by atoms with Crippen LogP contribution in [0, 0.1) is 5.41 Å². The summed E-state index contributed by atoms with van der Waals surface area (Å²) in [7, 11) is 0. The highest BCUT2D eigenvalue weighted by atomic mass is 16.5. The van der Waals surface area contributed by atoms with Crippen LogP contribution in [0.2, 0.25) is 0 Å². The van der Waals surface area contributed by atoms with E-state index in [1.54, 1.807) is 0 Å². The number of fused-ring (bicyclic) bond motifs is 4. The Morgan fingerprint density at radius 3 is 2.19 bits per heavy atom. The van der Waals surface area contributed by atoms with Gasteiger partial charge in [-0.2, -0.15) is 0 Å². The van der Waals surface area contributed by atoms with Gasteiger partial charge in [0.1, 0.15) is 12.2 Å². The lowest BCUT2D eigenvalue weighted by atomic mass is 9.68. The normalized spacial score (nSPS) is 28.9. The molecule has 2 N–H and O–H groups in total. The first-order valence-corrected chi connectivity index (χ1v) is 14.3. The van der Waals surface area contributed by atoms with Gasteiger partial charge in [-0.05, 0) is 59.6 Å². The lowest BCUT2D eigenvalue weighted by Crippen LogP contribution is -2.35. The SMILES string of the molecule is CC(C)(C)c1ccc([C@H]2OC3(CCCC3)c3c2c(C2CCOCC2)nc2c3[C@@H](O)CC(C)(C)[C@H]2O)cc1. The van der Waals surface area contributed by atoms with Crippen LogP contribution in [-0.4, -0.2) is 28.4 Å². The van der Waals surface area contributed by atoms with Crippen molar-refractivity contribution in [2.45, 2.75) is 115 Å². The van der Waals surface area contributed by atoms with Crippen molar-refractivity contribution in [3.8, 4) is 0 Å². The molecule has 2 aliphatic heterocycles. The molecule has 5 nitrogen and oxygen atoms in total. The van der Waals surface area contributed by atoms with Gasteiger partial charge in [0.2, 0.25) is 0 Å². The van der Waals surface area contributed by atoms with Gasteiger partial charge in [-0.3, -0.25) is 4.98 Å². The Kier molecular flexibility index (Phi) is 6.11. The van der Waals surface area contributed by atoms with Crippen molar-refractivity contribution in [1.82, 2.24) is 4.98 Å². The number of aliphatic hydroxyl groups excluding tert-OH is 2. The van der Waals surface area contributed by atoms with E-state index in [2.05, 4.69) is 45.0 Å². The third kappa shape index (κ3) is 4.09. The molecule has 2 fully saturated rings. The first-order valence-electron chi connectivity index (χ1n) is 14.3. The average Bonchev–Trinajstić information content (AvgIpc) is 3.47. The minimum absolute atomic E-state index is 0.0839. The van der Waals surface area contributed by atoms with Crippen LogP contribution in [0.15, 0.2) is 24.3 Å². The van der Waals surface area contributed by atoms with Gasteiger partial charge in [0.25, 0.3) is 0 Å². The zero-order valence-corrected chi connectivity index (χ0v) is 23.1. The largest absolute Gasteiger partial charge is 0.388 e. The van der Waals surface area contributed by atoms with Gasteiger partial charge in [-0.1, -0.05) is 71.7 Å². The number of aliphatic hydroxyl groups is 2. The molecule has 6 rings (SSSR count). The number of hydrogen-bond donors (Lipinski definition) is 2. The molecule has 1 spiro atoms. The predicted molar refractivity (Wildman–Crippen MR) is 144 cm³/mol. The summed E-state index contributed by atoms with van der Waals surface area (Å²) < 4.78 is 12.9. The molecule has 2 aliphatic carbocycles. The Balaban J connectivity index is 1.59. The quantitative estimate of drug-likeness (QED) is 0.478. The van der Waals surface area contributed by atoms with Gasteiger partial charge < -0.3 is 19.7 Å². The maximum absolute atomic E-state index is 11.6. The first kappa shape index (κ1) is 25.5. The smallest absolute Gasteiger partial charge is 0.111 e. The second kappa shape index (κ2) is 8.87. The highest BCUT2D eigenvalue weighted by molar-refractivity contribution is 5.55. The molecular formula is C32H43NO4. The van der Waals surface area contributed by atoms with Crippen molar-refractivity contribution < 1.29 is 19.7 Å². The molecule has 0 radical (unpaired) electrons. The fourth-order valence-corrected chi connectivity index (χ4v) is 7.37. The van der Waals surface area contributed by atoms with E-state index in [0.717, 1.165) is 74.1 Å². The molecule has 1 saturated heterocycles. The van der Waals surface area contributed by atoms with E-state index in [-0.39, 0.29) is 17.4 Å². The van der Waals surface area contributed by atoms with Gasteiger partial charge in [0.15, 0.2) is 0 Å². The summed E-state index contributed by atoms with van der Waals surface area (Å²) in [5.41, 5.74) is 6.61. The zero-order valence-electron chi connectivity index (χ0n) is 23.1. The highest BCUT2D eigenvalue weighted by Crippen LogP contribution is 2.61. The number of benzene rings is 1. The van der Waals surface area contributed by atoms with E-state index < -0.39 is 23.2 Å². The molecule has 200 valence electrons. The number of nitrogens with zero attached hydrogens (tertiary/aromatic N) is 1. The number of hydrogen-bond acceptors (Lipinski definition) is 5. The molecule has 0 amide bonds. The van der Waals surface area contributed by atoms with E-state index >= 15 is 0 Å². The van der Waals surface area contributed by atoms with Crippen LogP contribution in [0.1, 0.15) is 143 Å². The summed E-state index contributed by atoms with van der Waals surface area (Å²) in [4.78, 5) is 5.28. The molecule has 37 heavy (non-hydrogen) atoms. The Morgan fingerprint density at radius 2 is 1.57 bits per heavy atom. The van der Waals surface area contributed by atoms with Crippen molar-refractivity contribution in [1.29, 1.82) is 0 Å². The lowest BCUT2D eigenvalue weighted by Gasteiger charge is -2.41. The van der Waals surface area contributed by atoms with Crippen molar-refractivity contribution in [3.05, 3.63) is 63.5 Å². The van der Waals surface area contributed by atoms with Crippen molar-refractivity contribution in [2.75, 3.05) is 13.2 Å². The third-order valence-corrected chi connectivity index (χ3v) is 9.54. The maximum atomic E-state index is 11.6. The minimum Gasteiger partial charge on any atom is -0.388 e. The standard InChI is InChI=1S/C32H43NO4/c1-30(2,3)21-10-8-20(9-11-21)28-24-25(32(37-28)14-6-7-15-32)23-22(34)18-31(4,5)29(35)27(23)33-26(24)19-12-16-36-17-13-19/h8-11,19,22,28-29,34-35H,6-7,12-18H2,1-5H3/t22-,28+,29-/m0/s1. The average molecular weight is 506 g/mol. The molecule has 1 saturated carbocycles. The van der Waals surface area contributed by atoms with Crippen LogP contribution in [0.5, 0.6) is 0 Å². The van der Waals surface area contributed by atoms with E-state index in [1.807, 2.05) is 13.8 Å². The summed E-state index contributed by atoms with van der Waals surface area (Å²) in [6.45, 7) is 12.2. The van der Waals surface area contributed by atoms with Crippen LogP contribution in [-0.2, 0) is 20.5 Å². The summed E-state index contributed by atoms with van der Waals surface area (Å²) in [6.07, 6.45) is 4.92. The number of ether oxygens (including phenoxy) is 2. The fourth-order valence-electron chi connectivity index (χ4n) is 7.37. The summed E-state index contributed by atoms with van der Waals surface area (Å²) in [6, 6.07) is 8.92. The van der Waals surface area contributed by atoms with E-state index in [0.29, 0.717) is 12.1 Å². The Labute approximate surface area is 221 Å². The second-order valence-electron chi connectivity index (χ2n) is 13.7. The summed E-state index contributed by atoms with van der Waals surface area (Å²) in [5, 5.41) is 23.1. The third-order valence-electron chi connectivity index (χ3n) is 9.54. The molecule has 1 aromatic carbocycles. The molecule has 5 heteroatoms. The minimum atomic E-state index is -0.710. The molecule has 3 atom stereocenters. The number of pyridine rings is 1. The fraction of sp³-hybridized carbons (Fsp3) is 0.656. The van der Waals surface area contributed by atoms with Crippen molar-refractivity contribution in [3.63, 3.8) is 0 Å². The second-order valence-corrected chi connectivity index (χ2v) is 13.7. The monoisotopic (exact) mass is 505 g/mol. The molecule has 2 aromatic rings. The molecule has 0 bridgehead atoms. The number of rotatable bonds is 2. The van der Waals surface area contributed by atoms with Crippen LogP contribution in [0.3, 0.4) is 0 Å². The Morgan fingerprint density at radius 1 is 0.919 bits per heavy atom. The molecule has 3 heterocycles. The van der Waals surface area contributed by atoms with Gasteiger partial charge in [0.05, 0.1) is 23.1 Å². The van der Waals surface area contributed by atoms with Gasteiger partial charge >= 0.3 is 0 Å². The summed E-state index contributed by atoms with van der Waals surface area (Å²) in [5.74, 6) is 0.263. The maximum Gasteiger partial charge on any atom is 0.111 e. The molecular weight excluding hydrogens is 462 g/mol. The molecule has 0 unspecified atom stereocenters. The van der Waals surface area contributed by atoms with Gasteiger partial charge in [0, 0.05) is 30.3 Å². The van der Waals surface area contributed by atoms with Crippen molar-refractivity contribution in [2.24, 2.45) is 5.41 Å². The predicted octanol–water partition coefficient (Wildman–Crippen LogP) is 6.66. The van der Waals surface area contributed by atoms with Crippen molar-refractivity contribution >= 4 is 0 Å². The van der Waals surface area contributed by atoms with Crippen LogP contribution < -0.4 is 0 Å². The molecule has 1 aromatic heterocycles. The topological polar surface area (TPSA) is 71.8 Å². The number of aromatic nitrogens is 1. The Hall–Kier alpha value is -1.79. The lowest BCUT2D eigenvalue weighted by molar-refractivity contribution is -0.0598. The van der Waals surface area contributed by atoms with Gasteiger partial charge in [-0.15, -0.1) is 0 Å². The van der Waals surface area contributed by atoms with Gasteiger partial charge in [-0.25, -0.2) is 0 Å². The van der Waals surface area contributed by atoms with Crippen LogP contribution in [0.4, 0.5) is 0 Å². The Bertz CT molecular complexity index is 1170. The zero-order chi connectivity index (χ0) is 26.2.